The molecule has 0 spiro atoms. The van der Waals surface area contributed by atoms with Crippen molar-refractivity contribution >= 4 is 5.97 Å². The van der Waals surface area contributed by atoms with E-state index in [-0.39, 0.29) is 17.9 Å². The van der Waals surface area contributed by atoms with E-state index in [0.717, 1.165) is 0 Å². The lowest BCUT2D eigenvalue weighted by atomic mass is 9.96. The molecule has 2 saturated heterocycles. The van der Waals surface area contributed by atoms with Gasteiger partial charge >= 0.3 is 5.97 Å². The lowest BCUT2D eigenvalue weighted by molar-refractivity contribution is -0.145. The summed E-state index contributed by atoms with van der Waals surface area (Å²) in [5.74, 6) is -0.193. The second kappa shape index (κ2) is 6.02. The summed E-state index contributed by atoms with van der Waals surface area (Å²) in [5, 5.41) is 3.65. The molecule has 4 unspecified atom stereocenters. The number of carbonyl (C=O) groups excluding carboxylic acids is 1. The van der Waals surface area contributed by atoms with Crippen molar-refractivity contribution in [1.82, 2.24) is 10.2 Å². The Bertz CT molecular complexity index is 296. The van der Waals surface area contributed by atoms with Crippen LogP contribution in [0.15, 0.2) is 0 Å². The summed E-state index contributed by atoms with van der Waals surface area (Å²) in [7, 11) is 1.46. The first-order valence-corrected chi connectivity index (χ1v) is 7.21. The van der Waals surface area contributed by atoms with E-state index in [2.05, 4.69) is 17.1 Å². The molecule has 2 aliphatic rings. The van der Waals surface area contributed by atoms with Crippen LogP contribution < -0.4 is 5.32 Å². The van der Waals surface area contributed by atoms with Gasteiger partial charge in [0.15, 0.2) is 0 Å². The van der Waals surface area contributed by atoms with Crippen molar-refractivity contribution in [3.8, 4) is 0 Å². The van der Waals surface area contributed by atoms with Crippen molar-refractivity contribution in [3.05, 3.63) is 0 Å². The topological polar surface area (TPSA) is 41.6 Å². The maximum Gasteiger partial charge on any atom is 0.309 e. The molecular weight excluding hydrogens is 228 g/mol. The van der Waals surface area contributed by atoms with E-state index in [0.29, 0.717) is 12.1 Å². The summed E-state index contributed by atoms with van der Waals surface area (Å²) in [6.07, 6.45) is 5.21. The average Bonchev–Trinajstić information content (AvgIpc) is 2.80. The summed E-state index contributed by atoms with van der Waals surface area (Å²) < 4.78 is 4.81. The predicted molar refractivity (Wildman–Crippen MR) is 71.4 cm³/mol. The van der Waals surface area contributed by atoms with Gasteiger partial charge in [0, 0.05) is 24.7 Å². The van der Waals surface area contributed by atoms with Gasteiger partial charge < -0.3 is 10.1 Å². The van der Waals surface area contributed by atoms with Crippen LogP contribution in [0.4, 0.5) is 0 Å². The van der Waals surface area contributed by atoms with Gasteiger partial charge in [-0.1, -0.05) is 13.3 Å². The third-order valence-electron chi connectivity index (χ3n) is 4.66. The van der Waals surface area contributed by atoms with Gasteiger partial charge in [-0.15, -0.1) is 0 Å². The molecule has 4 atom stereocenters. The monoisotopic (exact) mass is 254 g/mol. The zero-order chi connectivity index (χ0) is 13.1. The van der Waals surface area contributed by atoms with Gasteiger partial charge in [-0.2, -0.15) is 0 Å². The van der Waals surface area contributed by atoms with E-state index in [1.165, 1.54) is 45.9 Å². The van der Waals surface area contributed by atoms with E-state index in [4.69, 9.17) is 4.74 Å². The summed E-state index contributed by atoms with van der Waals surface area (Å²) in [6, 6.07) is 1.42. The van der Waals surface area contributed by atoms with Crippen LogP contribution >= 0.6 is 0 Å². The highest BCUT2D eigenvalue weighted by Gasteiger charge is 2.36. The molecule has 0 bridgehead atoms. The Morgan fingerprint density at radius 2 is 2.06 bits per heavy atom. The summed E-state index contributed by atoms with van der Waals surface area (Å²) >= 11 is 0. The van der Waals surface area contributed by atoms with Crippen LogP contribution in [0, 0.1) is 5.92 Å². The van der Waals surface area contributed by atoms with Crippen LogP contribution in [-0.2, 0) is 9.53 Å². The molecule has 0 aliphatic carbocycles. The lowest BCUT2D eigenvalue weighted by Crippen LogP contribution is -2.50. The van der Waals surface area contributed by atoms with Gasteiger partial charge in [0.25, 0.3) is 0 Å². The van der Waals surface area contributed by atoms with Crippen LogP contribution in [0.2, 0.25) is 0 Å². The zero-order valence-corrected chi connectivity index (χ0v) is 11.8. The number of piperidine rings is 1. The fourth-order valence-corrected chi connectivity index (χ4v) is 3.31. The highest BCUT2D eigenvalue weighted by Crippen LogP contribution is 2.27. The van der Waals surface area contributed by atoms with Gasteiger partial charge in [-0.25, -0.2) is 0 Å². The van der Waals surface area contributed by atoms with E-state index in [1.54, 1.807) is 0 Å². The molecular formula is C14H26N2O2. The number of fused-ring (bicyclic) bond motifs is 1. The molecule has 2 heterocycles. The highest BCUT2D eigenvalue weighted by molar-refractivity contribution is 5.72. The minimum absolute atomic E-state index is 0.0763. The third kappa shape index (κ3) is 2.86. The summed E-state index contributed by atoms with van der Waals surface area (Å²) in [4.78, 5) is 14.1. The Balaban J connectivity index is 1.87. The zero-order valence-electron chi connectivity index (χ0n) is 11.8. The molecule has 2 aliphatic heterocycles. The first kappa shape index (κ1) is 13.8. The molecule has 2 rings (SSSR count). The largest absolute Gasteiger partial charge is 0.469 e. The minimum atomic E-state index is -0.117. The van der Waals surface area contributed by atoms with Crippen LogP contribution in [0.3, 0.4) is 0 Å². The van der Waals surface area contributed by atoms with Gasteiger partial charge in [0.05, 0.1) is 13.0 Å². The van der Waals surface area contributed by atoms with E-state index < -0.39 is 0 Å². The average molecular weight is 254 g/mol. The molecule has 18 heavy (non-hydrogen) atoms. The number of ether oxygens (including phenoxy) is 1. The predicted octanol–water partition coefficient (Wildman–Crippen LogP) is 1.40. The molecule has 104 valence electrons. The Morgan fingerprint density at radius 3 is 2.78 bits per heavy atom. The van der Waals surface area contributed by atoms with E-state index in [9.17, 15) is 4.79 Å². The minimum Gasteiger partial charge on any atom is -0.469 e. The normalized spacial score (nSPS) is 31.7. The molecule has 0 amide bonds. The quantitative estimate of drug-likeness (QED) is 0.770. The number of nitrogens with one attached hydrogen (secondary N) is 1. The van der Waals surface area contributed by atoms with Crippen LogP contribution in [0.5, 0.6) is 0 Å². The van der Waals surface area contributed by atoms with Gasteiger partial charge in [-0.05, 0) is 32.7 Å². The molecule has 4 nitrogen and oxygen atoms in total. The molecule has 0 aromatic rings. The second-order valence-electron chi connectivity index (χ2n) is 5.76. The number of hydrogen-bond acceptors (Lipinski definition) is 4. The first-order valence-electron chi connectivity index (χ1n) is 7.21. The Labute approximate surface area is 110 Å². The SMILES string of the molecule is COC(=O)C(C)C(C)NC1CCN2CCCCC12. The number of hydrogen-bond donors (Lipinski definition) is 1. The smallest absolute Gasteiger partial charge is 0.309 e. The first-order chi connectivity index (χ1) is 8.63. The Kier molecular flexibility index (Phi) is 4.62. The van der Waals surface area contributed by atoms with Gasteiger partial charge in [0.2, 0.25) is 0 Å². The number of carbonyl (C=O) groups is 1. The number of esters is 1. The van der Waals surface area contributed by atoms with Crippen molar-refractivity contribution in [2.75, 3.05) is 20.2 Å². The van der Waals surface area contributed by atoms with E-state index in [1.807, 2.05) is 6.92 Å². The van der Waals surface area contributed by atoms with Crippen LogP contribution in [0.1, 0.15) is 39.5 Å². The maximum absolute atomic E-state index is 11.5. The van der Waals surface area contributed by atoms with Gasteiger partial charge in [0.1, 0.15) is 0 Å². The van der Waals surface area contributed by atoms with Crippen molar-refractivity contribution < 1.29 is 9.53 Å². The Morgan fingerprint density at radius 1 is 1.28 bits per heavy atom. The van der Waals surface area contributed by atoms with Crippen molar-refractivity contribution in [2.24, 2.45) is 5.92 Å². The number of nitrogens with zero attached hydrogens (tertiary/aromatic N) is 1. The molecule has 4 heteroatoms. The standard InChI is InChI=1S/C14H26N2O2/c1-10(14(17)18-3)11(2)15-12-7-9-16-8-5-4-6-13(12)16/h10-13,15H,4-9H2,1-3H3. The van der Waals surface area contributed by atoms with Crippen molar-refractivity contribution in [2.45, 2.75) is 57.7 Å². The van der Waals surface area contributed by atoms with Gasteiger partial charge in [-0.3, -0.25) is 9.69 Å². The summed E-state index contributed by atoms with van der Waals surface area (Å²) in [6.45, 7) is 6.50. The molecule has 0 saturated carbocycles. The van der Waals surface area contributed by atoms with E-state index >= 15 is 0 Å². The lowest BCUT2D eigenvalue weighted by Gasteiger charge is -2.34. The van der Waals surface area contributed by atoms with Crippen molar-refractivity contribution in [1.29, 1.82) is 0 Å². The van der Waals surface area contributed by atoms with Crippen LogP contribution in [0.25, 0.3) is 0 Å². The molecule has 0 radical (unpaired) electrons. The Hall–Kier alpha value is -0.610. The highest BCUT2D eigenvalue weighted by atomic mass is 16.5. The molecule has 1 N–H and O–H groups in total. The summed E-state index contributed by atoms with van der Waals surface area (Å²) in [5.41, 5.74) is 0. The number of methoxy groups -OCH3 is 1. The van der Waals surface area contributed by atoms with Crippen molar-refractivity contribution in [3.63, 3.8) is 0 Å². The van der Waals surface area contributed by atoms with Crippen LogP contribution in [-0.4, -0.2) is 49.2 Å². The molecule has 2 fully saturated rings. The number of rotatable bonds is 4. The molecule has 0 aromatic carbocycles. The maximum atomic E-state index is 11.5. The fourth-order valence-electron chi connectivity index (χ4n) is 3.31. The third-order valence-corrected chi connectivity index (χ3v) is 4.66. The fraction of sp³-hybridized carbons (Fsp3) is 0.929. The molecule has 0 aromatic heterocycles. The second-order valence-corrected chi connectivity index (χ2v) is 5.76.